The van der Waals surface area contributed by atoms with Crippen molar-refractivity contribution in [2.45, 2.75) is 32.2 Å². The number of nitrogens with one attached hydrogen (secondary N) is 2. The van der Waals surface area contributed by atoms with Gasteiger partial charge in [-0.3, -0.25) is 9.59 Å². The van der Waals surface area contributed by atoms with Crippen molar-refractivity contribution in [3.05, 3.63) is 101 Å². The predicted molar refractivity (Wildman–Crippen MR) is 137 cm³/mol. The van der Waals surface area contributed by atoms with E-state index < -0.39 is 0 Å². The summed E-state index contributed by atoms with van der Waals surface area (Å²) < 4.78 is 0. The fourth-order valence-electron chi connectivity index (χ4n) is 4.99. The molecule has 1 aliphatic heterocycles. The van der Waals surface area contributed by atoms with Crippen LogP contribution in [0.3, 0.4) is 0 Å². The molecular formula is C29H29N3O2. The first-order valence-electron chi connectivity index (χ1n) is 11.8. The number of fused-ring (bicyclic) bond motifs is 2. The van der Waals surface area contributed by atoms with Gasteiger partial charge in [0.15, 0.2) is 5.78 Å². The van der Waals surface area contributed by atoms with Crippen molar-refractivity contribution >= 4 is 28.3 Å². The average molecular weight is 452 g/mol. The molecule has 0 spiro atoms. The molecule has 1 aliphatic rings. The minimum Gasteiger partial charge on any atom is -0.361 e. The maximum absolute atomic E-state index is 13.3. The minimum atomic E-state index is -0.334. The van der Waals surface area contributed by atoms with Gasteiger partial charge in [0, 0.05) is 54.3 Å². The maximum Gasteiger partial charge on any atom is 0.223 e. The quantitative estimate of drug-likeness (QED) is 0.386. The molecule has 0 unspecified atom stereocenters. The molecule has 1 aromatic heterocycles. The number of carbonyl (C=O) groups is 2. The number of Topliss-reactive ketones (excluding diaryl/α,β-unsaturated/α-hetero) is 1. The Morgan fingerprint density at radius 3 is 2.59 bits per heavy atom. The number of nitrogens with zero attached hydrogens (tertiary/aromatic N) is 1. The second-order valence-corrected chi connectivity index (χ2v) is 9.01. The molecule has 0 fully saturated rings. The van der Waals surface area contributed by atoms with Crippen LogP contribution < -0.4 is 10.2 Å². The van der Waals surface area contributed by atoms with Gasteiger partial charge >= 0.3 is 0 Å². The third kappa shape index (κ3) is 4.15. The van der Waals surface area contributed by atoms with Crippen LogP contribution in [0.2, 0.25) is 0 Å². The summed E-state index contributed by atoms with van der Waals surface area (Å²) in [6, 6.07) is 24.1. The summed E-state index contributed by atoms with van der Waals surface area (Å²) in [5.74, 6) is 0.212. The van der Waals surface area contributed by atoms with Gasteiger partial charge in [-0.25, -0.2) is 0 Å². The Labute approximate surface area is 199 Å². The highest BCUT2D eigenvalue weighted by Gasteiger charge is 2.25. The lowest BCUT2D eigenvalue weighted by Gasteiger charge is -2.21. The SMILES string of the molecule is CC(=O)N1CCc2cc(C(=O)[C@@H](C)NC[C@H](c3ccccc3)c3c[nH]c4ccccc34)ccc21. The van der Waals surface area contributed by atoms with Crippen LogP contribution in [0.15, 0.2) is 79.0 Å². The zero-order chi connectivity index (χ0) is 23.7. The number of carbonyl (C=O) groups excluding carboxylic acids is 2. The normalized spacial score (nSPS) is 14.7. The largest absolute Gasteiger partial charge is 0.361 e. The van der Waals surface area contributed by atoms with E-state index in [1.165, 1.54) is 16.5 Å². The second kappa shape index (κ2) is 9.27. The first-order valence-corrected chi connectivity index (χ1v) is 11.8. The number of rotatable bonds is 7. The molecule has 2 heterocycles. The minimum absolute atomic E-state index is 0.0390. The van der Waals surface area contributed by atoms with E-state index in [1.807, 2.05) is 37.3 Å². The van der Waals surface area contributed by atoms with Crippen molar-refractivity contribution in [1.82, 2.24) is 10.3 Å². The van der Waals surface area contributed by atoms with Crippen LogP contribution >= 0.6 is 0 Å². The number of ketones is 1. The smallest absolute Gasteiger partial charge is 0.223 e. The zero-order valence-electron chi connectivity index (χ0n) is 19.5. The summed E-state index contributed by atoms with van der Waals surface area (Å²) in [6.45, 7) is 4.83. The molecule has 0 saturated carbocycles. The summed E-state index contributed by atoms with van der Waals surface area (Å²) in [6.07, 6.45) is 2.87. The molecule has 0 aliphatic carbocycles. The molecule has 34 heavy (non-hydrogen) atoms. The van der Waals surface area contributed by atoms with Gasteiger partial charge in [-0.15, -0.1) is 0 Å². The van der Waals surface area contributed by atoms with Crippen LogP contribution in [0.1, 0.15) is 46.8 Å². The highest BCUT2D eigenvalue weighted by atomic mass is 16.2. The van der Waals surface area contributed by atoms with Gasteiger partial charge in [-0.05, 0) is 54.3 Å². The van der Waals surface area contributed by atoms with Crippen molar-refractivity contribution < 1.29 is 9.59 Å². The van der Waals surface area contributed by atoms with E-state index in [4.69, 9.17) is 0 Å². The van der Waals surface area contributed by atoms with Crippen molar-refractivity contribution in [2.24, 2.45) is 0 Å². The topological polar surface area (TPSA) is 65.2 Å². The van der Waals surface area contributed by atoms with Gasteiger partial charge in [-0.2, -0.15) is 0 Å². The van der Waals surface area contributed by atoms with Crippen LogP contribution in [0.5, 0.6) is 0 Å². The Bertz CT molecular complexity index is 1340. The standard InChI is InChI=1S/C29H29N3O2/c1-19(29(34)23-12-13-28-22(16-23)14-15-32(28)20(2)33)30-17-25(21-8-4-3-5-9-21)26-18-31-27-11-7-6-10-24(26)27/h3-13,16,18-19,25,30-31H,14-15,17H2,1-2H3/t19-,25-/m1/s1. The molecular weight excluding hydrogens is 422 g/mol. The highest BCUT2D eigenvalue weighted by molar-refractivity contribution is 6.01. The van der Waals surface area contributed by atoms with Gasteiger partial charge in [0.25, 0.3) is 0 Å². The molecule has 2 N–H and O–H groups in total. The number of para-hydroxylation sites is 1. The number of hydrogen-bond acceptors (Lipinski definition) is 3. The summed E-state index contributed by atoms with van der Waals surface area (Å²) in [5, 5.41) is 4.70. The maximum atomic E-state index is 13.3. The van der Waals surface area contributed by atoms with Gasteiger partial charge in [0.1, 0.15) is 0 Å². The first-order chi connectivity index (χ1) is 16.5. The number of anilines is 1. The molecule has 172 valence electrons. The van der Waals surface area contributed by atoms with Crippen LogP contribution in [-0.4, -0.2) is 35.8 Å². The molecule has 3 aromatic carbocycles. The Balaban J connectivity index is 1.36. The average Bonchev–Trinajstić information content (AvgIpc) is 3.48. The van der Waals surface area contributed by atoms with Crippen molar-refractivity contribution in [2.75, 3.05) is 18.0 Å². The molecule has 0 bridgehead atoms. The monoisotopic (exact) mass is 451 g/mol. The predicted octanol–water partition coefficient (Wildman–Crippen LogP) is 5.07. The number of hydrogen-bond donors (Lipinski definition) is 2. The molecule has 1 amide bonds. The van der Waals surface area contributed by atoms with E-state index in [2.05, 4.69) is 59.0 Å². The molecule has 4 aromatic rings. The molecule has 5 rings (SSSR count). The van der Waals surface area contributed by atoms with E-state index in [1.54, 1.807) is 11.8 Å². The lowest BCUT2D eigenvalue weighted by molar-refractivity contribution is -0.116. The van der Waals surface area contributed by atoms with Crippen LogP contribution in [0.25, 0.3) is 10.9 Å². The Kier molecular flexibility index (Phi) is 6.03. The number of aromatic nitrogens is 1. The van der Waals surface area contributed by atoms with Crippen molar-refractivity contribution in [3.63, 3.8) is 0 Å². The van der Waals surface area contributed by atoms with Gasteiger partial charge in [0.2, 0.25) is 5.91 Å². The summed E-state index contributed by atoms with van der Waals surface area (Å²) in [5.41, 5.74) is 6.22. The van der Waals surface area contributed by atoms with Gasteiger partial charge in [0.05, 0.1) is 6.04 Å². The first kappa shape index (κ1) is 22.1. The summed E-state index contributed by atoms with van der Waals surface area (Å²) in [7, 11) is 0. The second-order valence-electron chi connectivity index (χ2n) is 9.01. The van der Waals surface area contributed by atoms with E-state index >= 15 is 0 Å². The van der Waals surface area contributed by atoms with Crippen LogP contribution in [0.4, 0.5) is 5.69 Å². The Morgan fingerprint density at radius 2 is 1.79 bits per heavy atom. The fraction of sp³-hybridized carbons (Fsp3) is 0.241. The van der Waals surface area contributed by atoms with Gasteiger partial charge < -0.3 is 15.2 Å². The number of benzene rings is 3. The summed E-state index contributed by atoms with van der Waals surface area (Å²) >= 11 is 0. The zero-order valence-corrected chi connectivity index (χ0v) is 19.5. The third-order valence-electron chi connectivity index (χ3n) is 6.86. The van der Waals surface area contributed by atoms with Crippen molar-refractivity contribution in [1.29, 1.82) is 0 Å². The Morgan fingerprint density at radius 1 is 1.03 bits per heavy atom. The van der Waals surface area contributed by atoms with E-state index in [0.717, 1.165) is 23.2 Å². The fourth-order valence-corrected chi connectivity index (χ4v) is 4.99. The van der Waals surface area contributed by atoms with E-state index in [0.29, 0.717) is 18.7 Å². The number of amides is 1. The molecule has 5 nitrogen and oxygen atoms in total. The number of H-pyrrole nitrogens is 1. The lowest BCUT2D eigenvalue weighted by atomic mass is 9.90. The van der Waals surface area contributed by atoms with Crippen molar-refractivity contribution in [3.8, 4) is 0 Å². The Hall–Kier alpha value is -3.70. The molecule has 2 atom stereocenters. The highest BCUT2D eigenvalue weighted by Crippen LogP contribution is 2.31. The van der Waals surface area contributed by atoms with E-state index in [-0.39, 0.29) is 23.7 Å². The summed E-state index contributed by atoms with van der Waals surface area (Å²) in [4.78, 5) is 30.2. The molecule has 5 heteroatoms. The van der Waals surface area contributed by atoms with Crippen LogP contribution in [0, 0.1) is 0 Å². The van der Waals surface area contributed by atoms with Gasteiger partial charge in [-0.1, -0.05) is 48.5 Å². The van der Waals surface area contributed by atoms with E-state index in [9.17, 15) is 9.59 Å². The lowest BCUT2D eigenvalue weighted by Crippen LogP contribution is -2.37. The number of aromatic amines is 1. The van der Waals surface area contributed by atoms with Crippen LogP contribution in [-0.2, 0) is 11.2 Å². The molecule has 0 radical (unpaired) electrons. The third-order valence-corrected chi connectivity index (χ3v) is 6.86. The molecule has 0 saturated heterocycles.